The molecule has 0 bridgehead atoms. The lowest BCUT2D eigenvalue weighted by Crippen LogP contribution is -2.29. The second-order valence-electron chi connectivity index (χ2n) is 9.66. The van der Waals surface area contributed by atoms with Gasteiger partial charge in [-0.25, -0.2) is 0 Å². The third-order valence-corrected chi connectivity index (χ3v) is 8.96. The van der Waals surface area contributed by atoms with Gasteiger partial charge in [-0.2, -0.15) is 0 Å². The van der Waals surface area contributed by atoms with E-state index in [1.807, 2.05) is 13.8 Å². The Balaban J connectivity index is 1.39. The second-order valence-corrected chi connectivity index (χ2v) is 11.8. The molecule has 1 amide bonds. The summed E-state index contributed by atoms with van der Waals surface area (Å²) < 4.78 is 17.6. The Bertz CT molecular complexity index is 1680. The Morgan fingerprint density at radius 2 is 1.83 bits per heavy atom. The first-order valence-corrected chi connectivity index (χ1v) is 15.2. The zero-order valence-electron chi connectivity index (χ0n) is 22.9. The fraction of sp³-hybridized carbons (Fsp3) is 0.226. The smallest absolute Gasteiger partial charge is 0.301 e. The van der Waals surface area contributed by atoms with Crippen LogP contribution < -0.4 is 19.1 Å². The first kappa shape index (κ1) is 27.8. The van der Waals surface area contributed by atoms with Crippen molar-refractivity contribution >= 4 is 45.7 Å². The lowest BCUT2D eigenvalue weighted by Gasteiger charge is -2.23. The number of anilines is 1. The predicted octanol–water partition coefficient (Wildman–Crippen LogP) is 5.94. The number of thioether (sulfide) groups is 1. The van der Waals surface area contributed by atoms with Crippen LogP contribution in [0.4, 0.5) is 5.13 Å². The maximum Gasteiger partial charge on any atom is 0.301 e. The van der Waals surface area contributed by atoms with Gasteiger partial charge in [-0.3, -0.25) is 14.5 Å². The molecule has 0 aliphatic carbocycles. The first-order valence-electron chi connectivity index (χ1n) is 13.4. The molecule has 4 aromatic rings. The van der Waals surface area contributed by atoms with E-state index >= 15 is 0 Å². The minimum absolute atomic E-state index is 0.0608. The normalized spacial score (nSPS) is 17.5. The van der Waals surface area contributed by atoms with Gasteiger partial charge < -0.3 is 19.3 Å². The van der Waals surface area contributed by atoms with Crippen LogP contribution in [-0.4, -0.2) is 46.8 Å². The third kappa shape index (κ3) is 5.45. The van der Waals surface area contributed by atoms with Crippen molar-refractivity contribution < 1.29 is 28.9 Å². The first-order chi connectivity index (χ1) is 20.4. The summed E-state index contributed by atoms with van der Waals surface area (Å²) in [6.07, 6.45) is 0. The van der Waals surface area contributed by atoms with Gasteiger partial charge in [0.2, 0.25) is 5.13 Å². The Morgan fingerprint density at radius 3 is 2.62 bits per heavy atom. The second kappa shape index (κ2) is 11.9. The fourth-order valence-corrected chi connectivity index (χ4v) is 6.64. The highest BCUT2D eigenvalue weighted by atomic mass is 32.2. The number of fused-ring (bicyclic) bond motifs is 1. The number of nitrogens with zero attached hydrogens (tertiary/aromatic N) is 3. The van der Waals surface area contributed by atoms with E-state index in [2.05, 4.69) is 34.5 Å². The summed E-state index contributed by atoms with van der Waals surface area (Å²) in [5, 5.41) is 20.4. The van der Waals surface area contributed by atoms with Crippen LogP contribution in [0.2, 0.25) is 0 Å². The average Bonchev–Trinajstić information content (AvgIpc) is 3.58. The van der Waals surface area contributed by atoms with Gasteiger partial charge in [0.15, 0.2) is 15.8 Å². The van der Waals surface area contributed by atoms with Crippen molar-refractivity contribution in [1.82, 2.24) is 10.2 Å². The Kier molecular flexibility index (Phi) is 7.86. The van der Waals surface area contributed by atoms with E-state index in [-0.39, 0.29) is 16.5 Å². The molecule has 1 fully saturated rings. The molecule has 214 valence electrons. The number of aryl methyl sites for hydroxylation is 1. The van der Waals surface area contributed by atoms with Crippen molar-refractivity contribution in [3.05, 3.63) is 94.6 Å². The van der Waals surface area contributed by atoms with Crippen molar-refractivity contribution in [2.75, 3.05) is 24.7 Å². The molecule has 0 saturated carbocycles. The molecule has 6 rings (SSSR count). The molecule has 0 spiro atoms. The number of aliphatic hydroxyl groups excluding tert-OH is 1. The molecular formula is C31H27N3O6S2. The highest BCUT2D eigenvalue weighted by Gasteiger charge is 2.48. The number of ketones is 1. The number of aliphatic hydroxyl groups is 1. The molecule has 3 aromatic carbocycles. The average molecular weight is 602 g/mol. The van der Waals surface area contributed by atoms with Crippen molar-refractivity contribution in [3.8, 4) is 17.2 Å². The topological polar surface area (TPSA) is 111 Å². The lowest BCUT2D eigenvalue weighted by molar-refractivity contribution is -0.132. The van der Waals surface area contributed by atoms with E-state index in [1.165, 1.54) is 33.6 Å². The minimum atomic E-state index is -0.957. The summed E-state index contributed by atoms with van der Waals surface area (Å²) >= 11 is 2.72. The molecular weight excluding hydrogens is 574 g/mol. The number of hydrogen-bond acceptors (Lipinski definition) is 10. The molecule has 2 aliphatic heterocycles. The molecule has 1 saturated heterocycles. The molecule has 1 N–H and O–H groups in total. The van der Waals surface area contributed by atoms with E-state index in [4.69, 9.17) is 14.2 Å². The molecule has 11 heteroatoms. The van der Waals surface area contributed by atoms with Crippen LogP contribution in [0.15, 0.2) is 76.6 Å². The summed E-state index contributed by atoms with van der Waals surface area (Å²) in [5.41, 5.74) is 3.17. The van der Waals surface area contributed by atoms with E-state index < -0.39 is 17.7 Å². The van der Waals surface area contributed by atoms with Gasteiger partial charge in [-0.1, -0.05) is 65.1 Å². The van der Waals surface area contributed by atoms with Gasteiger partial charge in [-0.15, -0.1) is 10.2 Å². The summed E-state index contributed by atoms with van der Waals surface area (Å²) in [4.78, 5) is 28.5. The van der Waals surface area contributed by atoms with Crippen LogP contribution >= 0.6 is 23.1 Å². The number of hydrogen-bond donors (Lipinski definition) is 1. The summed E-state index contributed by atoms with van der Waals surface area (Å²) in [7, 11) is 0. The van der Waals surface area contributed by atoms with Crippen molar-refractivity contribution in [2.45, 2.75) is 30.0 Å². The molecule has 1 atom stereocenters. The fourth-order valence-electron chi connectivity index (χ4n) is 4.82. The van der Waals surface area contributed by atoms with Crippen molar-refractivity contribution in [1.29, 1.82) is 0 Å². The quantitative estimate of drug-likeness (QED) is 0.0863. The van der Waals surface area contributed by atoms with Gasteiger partial charge in [0.1, 0.15) is 24.7 Å². The highest BCUT2D eigenvalue weighted by molar-refractivity contribution is 8.00. The number of Topliss-reactive ketones (excluding diaryl/α,β-unsaturated/α-hetero) is 1. The number of amides is 1. The number of benzene rings is 3. The van der Waals surface area contributed by atoms with Crippen LogP contribution in [0, 0.1) is 6.92 Å². The summed E-state index contributed by atoms with van der Waals surface area (Å²) in [5.74, 6) is 0.310. The summed E-state index contributed by atoms with van der Waals surface area (Å²) in [6.45, 7) is 5.15. The van der Waals surface area contributed by atoms with E-state index in [0.29, 0.717) is 58.3 Å². The van der Waals surface area contributed by atoms with Crippen molar-refractivity contribution in [2.24, 2.45) is 0 Å². The largest absolute Gasteiger partial charge is 0.507 e. The number of aromatic nitrogens is 2. The van der Waals surface area contributed by atoms with E-state index in [1.54, 1.807) is 42.5 Å². The van der Waals surface area contributed by atoms with Crippen LogP contribution in [-0.2, 0) is 15.3 Å². The number of carbonyl (C=O) groups excluding carboxylic acids is 2. The Hall–Kier alpha value is -4.35. The maximum absolute atomic E-state index is 13.6. The summed E-state index contributed by atoms with van der Waals surface area (Å²) in [6, 6.07) is 19.3. The minimum Gasteiger partial charge on any atom is -0.507 e. The van der Waals surface area contributed by atoms with Gasteiger partial charge >= 0.3 is 5.91 Å². The molecule has 1 aromatic heterocycles. The molecule has 0 radical (unpaired) electrons. The number of ether oxygens (including phenoxy) is 3. The highest BCUT2D eigenvalue weighted by Crippen LogP contribution is 2.45. The third-order valence-electron chi connectivity index (χ3n) is 6.83. The number of rotatable bonds is 8. The molecule has 9 nitrogen and oxygen atoms in total. The maximum atomic E-state index is 13.6. The van der Waals surface area contributed by atoms with Gasteiger partial charge in [0.25, 0.3) is 5.78 Å². The molecule has 3 heterocycles. The Labute approximate surface area is 250 Å². The molecule has 0 unspecified atom stereocenters. The predicted molar refractivity (Wildman–Crippen MR) is 160 cm³/mol. The molecule has 2 aliphatic rings. The van der Waals surface area contributed by atoms with Crippen LogP contribution in [0.5, 0.6) is 17.2 Å². The standard InChI is InChI=1S/C31H27N3O6S2/c1-3-38-22-6-4-5-20(15-22)26-25(27(35)21-11-12-23-24(16-21)40-14-13-39-23)28(36)29(37)34(26)30-32-33-31(42-30)41-17-19-9-7-18(2)8-10-19/h4-12,15-16,26,35H,3,13-14,17H2,1-2H3/t26-/m0/s1. The van der Waals surface area contributed by atoms with E-state index in [0.717, 1.165) is 5.56 Å². The lowest BCUT2D eigenvalue weighted by atomic mass is 9.95. The van der Waals surface area contributed by atoms with Crippen LogP contribution in [0.25, 0.3) is 5.76 Å². The van der Waals surface area contributed by atoms with Gasteiger partial charge in [0.05, 0.1) is 18.2 Å². The van der Waals surface area contributed by atoms with Crippen LogP contribution in [0.3, 0.4) is 0 Å². The SMILES string of the molecule is CCOc1cccc([C@H]2C(=C(O)c3ccc4c(c3)OCCO4)C(=O)C(=O)N2c2nnc(SCc3ccc(C)cc3)s2)c1. The zero-order chi connectivity index (χ0) is 29.2. The zero-order valence-corrected chi connectivity index (χ0v) is 24.5. The molecule has 42 heavy (non-hydrogen) atoms. The van der Waals surface area contributed by atoms with Gasteiger partial charge in [0, 0.05) is 11.3 Å². The van der Waals surface area contributed by atoms with E-state index in [9.17, 15) is 14.7 Å². The Morgan fingerprint density at radius 1 is 1.05 bits per heavy atom. The van der Waals surface area contributed by atoms with Crippen molar-refractivity contribution in [3.63, 3.8) is 0 Å². The monoisotopic (exact) mass is 601 g/mol. The van der Waals surface area contributed by atoms with Crippen LogP contribution in [0.1, 0.15) is 35.2 Å². The van der Waals surface area contributed by atoms with Gasteiger partial charge in [-0.05, 0) is 55.3 Å². The number of carbonyl (C=O) groups is 2.